The molecule has 3 nitrogen and oxygen atoms in total. The van der Waals surface area contributed by atoms with Crippen molar-refractivity contribution in [2.75, 3.05) is 0 Å². The summed E-state index contributed by atoms with van der Waals surface area (Å²) in [6.07, 6.45) is -2.70. The van der Waals surface area contributed by atoms with Crippen LogP contribution in [-0.2, 0) is 12.4 Å². The van der Waals surface area contributed by atoms with Gasteiger partial charge in [0.05, 0.1) is 5.88 Å². The summed E-state index contributed by atoms with van der Waals surface area (Å²) < 4.78 is 38.0. The average molecular weight is 292 g/mol. The Balaban J connectivity index is 2.07. The van der Waals surface area contributed by atoms with Gasteiger partial charge in [-0.1, -0.05) is 0 Å². The molecule has 0 bridgehead atoms. The minimum atomic E-state index is -4.09. The molecule has 0 aliphatic rings. The minimum absolute atomic E-state index is 0.0950. The molecule has 0 saturated carbocycles. The van der Waals surface area contributed by atoms with Crippen molar-refractivity contribution in [3.63, 3.8) is 0 Å². The number of unbranched alkanes of at least 4 members (excludes halogenated alkanes) is 1. The van der Waals surface area contributed by atoms with Crippen LogP contribution in [0.3, 0.4) is 0 Å². The topological polar surface area (TPSA) is 30.7 Å². The molecule has 19 heavy (non-hydrogen) atoms. The molecule has 0 spiro atoms. The third kappa shape index (κ3) is 3.59. The Hall–Kier alpha value is -1.30. The second-order valence-electron chi connectivity index (χ2n) is 4.23. The minimum Gasteiger partial charge on any atom is -0.312 e. The van der Waals surface area contributed by atoms with Crippen LogP contribution >= 0.6 is 11.6 Å². The quantitative estimate of drug-likeness (QED) is 0.618. The highest BCUT2D eigenvalue weighted by Gasteiger charge is 2.25. The summed E-state index contributed by atoms with van der Waals surface area (Å²) in [5.74, 6) is 0.859. The zero-order chi connectivity index (χ0) is 13.9. The first-order valence-electron chi connectivity index (χ1n) is 5.94. The Morgan fingerprint density at radius 1 is 1.26 bits per heavy atom. The van der Waals surface area contributed by atoms with Crippen molar-refractivity contribution in [3.05, 3.63) is 24.2 Å². The van der Waals surface area contributed by atoms with Crippen LogP contribution in [0.25, 0.3) is 11.2 Å². The van der Waals surface area contributed by atoms with Crippen molar-refractivity contribution in [1.82, 2.24) is 14.5 Å². The largest absolute Gasteiger partial charge is 0.389 e. The maximum Gasteiger partial charge on any atom is 0.389 e. The van der Waals surface area contributed by atoms with Crippen LogP contribution in [0, 0.1) is 0 Å². The van der Waals surface area contributed by atoms with E-state index in [0.29, 0.717) is 30.0 Å². The number of rotatable bonds is 5. The fourth-order valence-electron chi connectivity index (χ4n) is 1.94. The molecule has 0 saturated heterocycles. The Morgan fingerprint density at radius 3 is 2.74 bits per heavy atom. The third-order valence-corrected chi connectivity index (χ3v) is 3.03. The van der Waals surface area contributed by atoms with E-state index in [-0.39, 0.29) is 12.3 Å². The van der Waals surface area contributed by atoms with Gasteiger partial charge in [0.25, 0.3) is 0 Å². The molecule has 0 aliphatic heterocycles. The van der Waals surface area contributed by atoms with Crippen molar-refractivity contribution in [3.8, 4) is 0 Å². The number of aromatic nitrogens is 3. The molecule has 7 heteroatoms. The van der Waals surface area contributed by atoms with Gasteiger partial charge in [0.2, 0.25) is 0 Å². The van der Waals surface area contributed by atoms with E-state index in [1.54, 1.807) is 16.8 Å². The third-order valence-electron chi connectivity index (χ3n) is 2.79. The van der Waals surface area contributed by atoms with Crippen LogP contribution in [0.2, 0.25) is 0 Å². The molecular formula is C12H13ClF3N3. The normalized spacial score (nSPS) is 12.2. The van der Waals surface area contributed by atoms with E-state index in [4.69, 9.17) is 11.6 Å². The molecule has 0 fully saturated rings. The fraction of sp³-hybridized carbons (Fsp3) is 0.500. The highest BCUT2D eigenvalue weighted by Crippen LogP contribution is 2.23. The van der Waals surface area contributed by atoms with Crippen LogP contribution in [0.1, 0.15) is 25.1 Å². The molecule has 0 radical (unpaired) electrons. The number of hydrogen-bond acceptors (Lipinski definition) is 2. The van der Waals surface area contributed by atoms with Gasteiger partial charge in [0.1, 0.15) is 11.3 Å². The lowest BCUT2D eigenvalue weighted by Gasteiger charge is -2.08. The number of hydrogen-bond donors (Lipinski definition) is 0. The van der Waals surface area contributed by atoms with E-state index in [9.17, 15) is 13.2 Å². The van der Waals surface area contributed by atoms with E-state index in [2.05, 4.69) is 9.97 Å². The van der Waals surface area contributed by atoms with Crippen LogP contribution in [0.15, 0.2) is 18.3 Å². The number of nitrogens with zero attached hydrogens (tertiary/aromatic N) is 3. The maximum absolute atomic E-state index is 12.1. The summed E-state index contributed by atoms with van der Waals surface area (Å²) in [4.78, 5) is 8.50. The molecule has 0 amide bonds. The molecule has 104 valence electrons. The summed E-state index contributed by atoms with van der Waals surface area (Å²) in [7, 11) is 0. The lowest BCUT2D eigenvalue weighted by Crippen LogP contribution is -2.08. The molecule has 0 aromatic carbocycles. The van der Waals surface area contributed by atoms with E-state index in [0.717, 1.165) is 0 Å². The van der Waals surface area contributed by atoms with Gasteiger partial charge in [-0.15, -0.1) is 11.6 Å². The van der Waals surface area contributed by atoms with Crippen LogP contribution < -0.4 is 0 Å². The number of aryl methyl sites for hydroxylation is 1. The highest BCUT2D eigenvalue weighted by molar-refractivity contribution is 6.16. The second kappa shape index (κ2) is 5.77. The van der Waals surface area contributed by atoms with E-state index < -0.39 is 12.6 Å². The number of halogens is 4. The van der Waals surface area contributed by atoms with Crippen LogP contribution in [0.5, 0.6) is 0 Å². The fourth-order valence-corrected chi connectivity index (χ4v) is 2.14. The zero-order valence-corrected chi connectivity index (χ0v) is 10.9. The van der Waals surface area contributed by atoms with Crippen LogP contribution in [0.4, 0.5) is 13.2 Å². The van der Waals surface area contributed by atoms with Gasteiger partial charge in [0, 0.05) is 19.2 Å². The van der Waals surface area contributed by atoms with Gasteiger partial charge >= 0.3 is 6.18 Å². The second-order valence-corrected chi connectivity index (χ2v) is 4.50. The first kappa shape index (κ1) is 14.1. The summed E-state index contributed by atoms with van der Waals surface area (Å²) in [6, 6.07) is 3.58. The molecule has 0 atom stereocenters. The van der Waals surface area contributed by atoms with Gasteiger partial charge in [0.15, 0.2) is 5.65 Å². The van der Waals surface area contributed by atoms with Gasteiger partial charge < -0.3 is 4.57 Å². The van der Waals surface area contributed by atoms with Gasteiger partial charge in [-0.2, -0.15) is 13.2 Å². The predicted molar refractivity (Wildman–Crippen MR) is 67.0 cm³/mol. The smallest absolute Gasteiger partial charge is 0.312 e. The van der Waals surface area contributed by atoms with Crippen LogP contribution in [-0.4, -0.2) is 20.7 Å². The molecule has 0 aliphatic carbocycles. The molecule has 2 aromatic heterocycles. The number of fused-ring (bicyclic) bond motifs is 1. The summed E-state index contributed by atoms with van der Waals surface area (Å²) in [5.41, 5.74) is 1.39. The molecular weight excluding hydrogens is 279 g/mol. The van der Waals surface area contributed by atoms with Gasteiger partial charge in [-0.25, -0.2) is 9.97 Å². The monoisotopic (exact) mass is 291 g/mol. The summed E-state index contributed by atoms with van der Waals surface area (Å²) in [6.45, 7) is 0.450. The Kier molecular flexibility index (Phi) is 4.29. The Bertz CT molecular complexity index is 551. The Labute approximate surface area is 113 Å². The molecule has 2 heterocycles. The summed E-state index contributed by atoms with van der Waals surface area (Å²) >= 11 is 5.80. The number of pyridine rings is 1. The van der Waals surface area contributed by atoms with Gasteiger partial charge in [-0.05, 0) is 25.0 Å². The van der Waals surface area contributed by atoms with E-state index in [1.807, 2.05) is 6.07 Å². The number of alkyl halides is 4. The zero-order valence-electron chi connectivity index (χ0n) is 10.1. The molecule has 0 unspecified atom stereocenters. The average Bonchev–Trinajstić information content (AvgIpc) is 2.71. The van der Waals surface area contributed by atoms with E-state index in [1.165, 1.54) is 0 Å². The van der Waals surface area contributed by atoms with Gasteiger partial charge in [-0.3, -0.25) is 0 Å². The highest BCUT2D eigenvalue weighted by atomic mass is 35.5. The van der Waals surface area contributed by atoms with Crippen molar-refractivity contribution in [2.45, 2.75) is 37.9 Å². The SMILES string of the molecule is FC(F)(F)CCCCn1c(CCl)nc2cccnc21. The maximum atomic E-state index is 12.1. The lowest BCUT2D eigenvalue weighted by atomic mass is 10.2. The summed E-state index contributed by atoms with van der Waals surface area (Å²) in [5, 5.41) is 0. The van der Waals surface area contributed by atoms with Crippen molar-refractivity contribution < 1.29 is 13.2 Å². The molecule has 2 rings (SSSR count). The first-order valence-corrected chi connectivity index (χ1v) is 6.47. The Morgan fingerprint density at radius 2 is 2.05 bits per heavy atom. The predicted octanol–water partition coefficient (Wildman–Crippen LogP) is 3.90. The van der Waals surface area contributed by atoms with Crippen molar-refractivity contribution in [2.24, 2.45) is 0 Å². The van der Waals surface area contributed by atoms with E-state index >= 15 is 0 Å². The molecule has 0 N–H and O–H groups in total. The van der Waals surface area contributed by atoms with Crippen molar-refractivity contribution >= 4 is 22.8 Å². The molecule has 2 aromatic rings. The first-order chi connectivity index (χ1) is 9.01. The standard InChI is InChI=1S/C12H13ClF3N3/c13-8-10-18-9-4-3-6-17-11(9)19(10)7-2-1-5-12(14,15)16/h3-4,6H,1-2,5,7-8H2. The van der Waals surface area contributed by atoms with Crippen molar-refractivity contribution in [1.29, 1.82) is 0 Å². The lowest BCUT2D eigenvalue weighted by molar-refractivity contribution is -0.135. The number of imidazole rings is 1.